The fraction of sp³-hybridized carbons (Fsp3) is 0.250. The summed E-state index contributed by atoms with van der Waals surface area (Å²) in [6.45, 7) is 4.48. The zero-order valence-electron chi connectivity index (χ0n) is 13.7. The molecule has 0 saturated heterocycles. The first-order chi connectivity index (χ1) is 12.0. The SMILES string of the molecule is CCn1cc(C(=O)Nc2ncn(Cc3c(F)cccc3Cl)n2)c(C)n1. The standard InChI is InChI=1S/C16H16ClFN6O/c1-3-23-7-11(10(2)21-23)15(25)20-16-19-9-24(22-16)8-12-13(17)5-4-6-14(12)18/h4-7,9H,3,8H2,1-2H3,(H,20,22,25). The number of carbonyl (C=O) groups excluding carboxylic acids is 1. The van der Waals surface area contributed by atoms with E-state index in [-0.39, 0.29) is 18.4 Å². The number of anilines is 1. The number of rotatable bonds is 5. The molecular weight excluding hydrogens is 347 g/mol. The minimum atomic E-state index is -0.420. The molecule has 0 bridgehead atoms. The van der Waals surface area contributed by atoms with E-state index in [0.29, 0.717) is 28.4 Å². The molecular formula is C16H16ClFN6O. The van der Waals surface area contributed by atoms with Crippen molar-refractivity contribution < 1.29 is 9.18 Å². The predicted molar refractivity (Wildman–Crippen MR) is 91.1 cm³/mol. The van der Waals surface area contributed by atoms with Gasteiger partial charge in [-0.2, -0.15) is 5.10 Å². The average Bonchev–Trinajstić information content (AvgIpc) is 3.17. The van der Waals surface area contributed by atoms with Crippen molar-refractivity contribution in [1.29, 1.82) is 0 Å². The van der Waals surface area contributed by atoms with Crippen molar-refractivity contribution in [2.45, 2.75) is 26.9 Å². The number of benzene rings is 1. The Bertz CT molecular complexity index is 899. The number of hydrogen-bond acceptors (Lipinski definition) is 4. The molecule has 0 unspecified atom stereocenters. The number of aromatic nitrogens is 5. The van der Waals surface area contributed by atoms with Gasteiger partial charge in [0, 0.05) is 23.3 Å². The van der Waals surface area contributed by atoms with Crippen molar-refractivity contribution in [1.82, 2.24) is 24.5 Å². The number of nitrogens with one attached hydrogen (secondary N) is 1. The van der Waals surface area contributed by atoms with Crippen molar-refractivity contribution in [3.63, 3.8) is 0 Å². The van der Waals surface area contributed by atoms with Crippen molar-refractivity contribution in [3.05, 3.63) is 58.4 Å². The van der Waals surface area contributed by atoms with Gasteiger partial charge in [-0.3, -0.25) is 14.8 Å². The monoisotopic (exact) mass is 362 g/mol. The van der Waals surface area contributed by atoms with Crippen LogP contribution >= 0.6 is 11.6 Å². The van der Waals surface area contributed by atoms with Gasteiger partial charge in [-0.05, 0) is 26.0 Å². The molecule has 0 radical (unpaired) electrons. The van der Waals surface area contributed by atoms with Gasteiger partial charge in [-0.15, -0.1) is 5.10 Å². The van der Waals surface area contributed by atoms with Gasteiger partial charge in [0.2, 0.25) is 5.95 Å². The second-order valence-corrected chi connectivity index (χ2v) is 5.81. The first-order valence-electron chi connectivity index (χ1n) is 7.65. The number of amides is 1. The Labute approximate surface area is 148 Å². The molecule has 0 fully saturated rings. The lowest BCUT2D eigenvalue weighted by Gasteiger charge is -2.05. The Hall–Kier alpha value is -2.74. The second kappa shape index (κ2) is 7.02. The van der Waals surface area contributed by atoms with E-state index in [2.05, 4.69) is 20.5 Å². The van der Waals surface area contributed by atoms with Crippen LogP contribution in [0.1, 0.15) is 28.5 Å². The normalized spacial score (nSPS) is 10.9. The minimum Gasteiger partial charge on any atom is -0.289 e. The molecule has 0 aliphatic rings. The molecule has 0 aliphatic carbocycles. The lowest BCUT2D eigenvalue weighted by atomic mass is 10.2. The summed E-state index contributed by atoms with van der Waals surface area (Å²) in [6, 6.07) is 4.47. The predicted octanol–water partition coefficient (Wildman–Crippen LogP) is 2.90. The molecule has 25 heavy (non-hydrogen) atoms. The van der Waals surface area contributed by atoms with E-state index >= 15 is 0 Å². The van der Waals surface area contributed by atoms with E-state index in [1.54, 1.807) is 23.9 Å². The Balaban J connectivity index is 1.73. The van der Waals surface area contributed by atoms with Crippen LogP contribution in [0.5, 0.6) is 0 Å². The molecule has 2 heterocycles. The fourth-order valence-electron chi connectivity index (χ4n) is 2.35. The summed E-state index contributed by atoms with van der Waals surface area (Å²) < 4.78 is 16.9. The lowest BCUT2D eigenvalue weighted by molar-refractivity contribution is 0.102. The van der Waals surface area contributed by atoms with Crippen molar-refractivity contribution >= 4 is 23.5 Å². The van der Waals surface area contributed by atoms with Gasteiger partial charge >= 0.3 is 0 Å². The first-order valence-corrected chi connectivity index (χ1v) is 8.03. The number of nitrogens with zero attached hydrogens (tertiary/aromatic N) is 5. The van der Waals surface area contributed by atoms with E-state index in [1.165, 1.54) is 23.1 Å². The summed E-state index contributed by atoms with van der Waals surface area (Å²) in [6.07, 6.45) is 3.07. The van der Waals surface area contributed by atoms with Crippen LogP contribution in [0, 0.1) is 12.7 Å². The summed E-state index contributed by atoms with van der Waals surface area (Å²) in [4.78, 5) is 16.3. The maximum atomic E-state index is 13.8. The molecule has 1 amide bonds. The zero-order chi connectivity index (χ0) is 18.0. The fourth-order valence-corrected chi connectivity index (χ4v) is 2.57. The summed E-state index contributed by atoms with van der Waals surface area (Å²) in [5, 5.41) is 11.3. The Morgan fingerprint density at radius 1 is 1.32 bits per heavy atom. The quantitative estimate of drug-likeness (QED) is 0.757. The van der Waals surface area contributed by atoms with E-state index in [0.717, 1.165) is 0 Å². The molecule has 7 nitrogen and oxygen atoms in total. The molecule has 1 N–H and O–H groups in total. The third kappa shape index (κ3) is 3.69. The van der Waals surface area contributed by atoms with Crippen LogP contribution in [0.2, 0.25) is 5.02 Å². The van der Waals surface area contributed by atoms with E-state index in [9.17, 15) is 9.18 Å². The average molecular weight is 363 g/mol. The number of halogens is 2. The van der Waals surface area contributed by atoms with Crippen LogP contribution in [0.15, 0.2) is 30.7 Å². The van der Waals surface area contributed by atoms with Gasteiger partial charge in [0.1, 0.15) is 12.1 Å². The van der Waals surface area contributed by atoms with Crippen LogP contribution in [0.25, 0.3) is 0 Å². The molecule has 9 heteroatoms. The van der Waals surface area contributed by atoms with Crippen LogP contribution in [-0.4, -0.2) is 30.5 Å². The topological polar surface area (TPSA) is 77.6 Å². The Kier molecular flexibility index (Phi) is 4.80. The number of hydrogen-bond donors (Lipinski definition) is 1. The third-order valence-corrected chi connectivity index (χ3v) is 4.01. The van der Waals surface area contributed by atoms with Crippen molar-refractivity contribution in [2.24, 2.45) is 0 Å². The molecule has 3 aromatic rings. The zero-order valence-corrected chi connectivity index (χ0v) is 14.5. The highest BCUT2D eigenvalue weighted by Gasteiger charge is 2.15. The molecule has 1 aromatic carbocycles. The molecule has 0 aliphatic heterocycles. The van der Waals surface area contributed by atoms with Gasteiger partial charge in [-0.25, -0.2) is 14.1 Å². The van der Waals surface area contributed by atoms with Crippen LogP contribution in [0.3, 0.4) is 0 Å². The second-order valence-electron chi connectivity index (χ2n) is 5.40. The maximum Gasteiger partial charge on any atom is 0.261 e. The Morgan fingerprint density at radius 2 is 2.12 bits per heavy atom. The number of carbonyl (C=O) groups is 1. The first kappa shape index (κ1) is 17.1. The highest BCUT2D eigenvalue weighted by atomic mass is 35.5. The largest absolute Gasteiger partial charge is 0.289 e. The van der Waals surface area contributed by atoms with Gasteiger partial charge in [0.15, 0.2) is 0 Å². The van der Waals surface area contributed by atoms with Crippen LogP contribution in [0.4, 0.5) is 10.3 Å². The molecule has 0 spiro atoms. The summed E-state index contributed by atoms with van der Waals surface area (Å²) in [7, 11) is 0. The third-order valence-electron chi connectivity index (χ3n) is 3.66. The van der Waals surface area contributed by atoms with E-state index in [4.69, 9.17) is 11.6 Å². The van der Waals surface area contributed by atoms with Crippen LogP contribution < -0.4 is 5.32 Å². The highest BCUT2D eigenvalue weighted by Crippen LogP contribution is 2.20. The van der Waals surface area contributed by atoms with Gasteiger partial charge < -0.3 is 0 Å². The summed E-state index contributed by atoms with van der Waals surface area (Å²) in [5.41, 5.74) is 1.39. The van der Waals surface area contributed by atoms with E-state index < -0.39 is 5.82 Å². The summed E-state index contributed by atoms with van der Waals surface area (Å²) in [5.74, 6) is -0.642. The lowest BCUT2D eigenvalue weighted by Crippen LogP contribution is -2.14. The van der Waals surface area contributed by atoms with E-state index in [1.807, 2.05) is 6.92 Å². The highest BCUT2D eigenvalue weighted by molar-refractivity contribution is 6.31. The minimum absolute atomic E-state index is 0.112. The van der Waals surface area contributed by atoms with Crippen molar-refractivity contribution in [3.8, 4) is 0 Å². The smallest absolute Gasteiger partial charge is 0.261 e. The molecule has 2 aromatic heterocycles. The Morgan fingerprint density at radius 3 is 2.80 bits per heavy atom. The van der Waals surface area contributed by atoms with Gasteiger partial charge in [-0.1, -0.05) is 17.7 Å². The summed E-state index contributed by atoms with van der Waals surface area (Å²) >= 11 is 6.00. The van der Waals surface area contributed by atoms with Gasteiger partial charge in [0.25, 0.3) is 5.91 Å². The van der Waals surface area contributed by atoms with Gasteiger partial charge in [0.05, 0.1) is 17.8 Å². The molecule has 130 valence electrons. The van der Waals surface area contributed by atoms with Crippen LogP contribution in [-0.2, 0) is 13.1 Å². The molecule has 3 rings (SSSR count). The maximum absolute atomic E-state index is 13.8. The molecule has 0 atom stereocenters. The number of aryl methyl sites for hydroxylation is 2. The molecule has 0 saturated carbocycles. The van der Waals surface area contributed by atoms with Crippen molar-refractivity contribution in [2.75, 3.05) is 5.32 Å².